The van der Waals surface area contributed by atoms with Gasteiger partial charge in [-0.1, -0.05) is 72.8 Å². The van der Waals surface area contributed by atoms with Crippen molar-refractivity contribution in [2.45, 2.75) is 23.7 Å². The maximum Gasteiger partial charge on any atom is 0.225 e. The summed E-state index contributed by atoms with van der Waals surface area (Å²) in [6, 6.07) is 25.5. The van der Waals surface area contributed by atoms with E-state index in [1.165, 1.54) is 59.5 Å². The third-order valence-corrected chi connectivity index (χ3v) is 10.3. The van der Waals surface area contributed by atoms with Gasteiger partial charge < -0.3 is 0 Å². The highest BCUT2D eigenvalue weighted by molar-refractivity contribution is 5.73. The van der Waals surface area contributed by atoms with Crippen molar-refractivity contribution < 1.29 is 17.6 Å². The van der Waals surface area contributed by atoms with Gasteiger partial charge in [-0.2, -0.15) is 20.1 Å². The van der Waals surface area contributed by atoms with Crippen LogP contribution in [0, 0.1) is 23.3 Å². The molecule has 0 atom stereocenters. The van der Waals surface area contributed by atoms with Crippen LogP contribution < -0.4 is 0 Å². The summed E-state index contributed by atoms with van der Waals surface area (Å²) in [7, 11) is 0. The number of H-pyrrole nitrogens is 3. The summed E-state index contributed by atoms with van der Waals surface area (Å²) >= 11 is 0. The first-order valence-electron chi connectivity index (χ1n) is 17.4. The molecule has 4 heterocycles. The maximum atomic E-state index is 13.5. The molecule has 3 N–H and O–H groups in total. The Bertz CT molecular complexity index is 2390. The number of tetrazole rings is 2. The number of nitrogens with zero attached hydrogens (tertiary/aromatic N) is 9. The van der Waals surface area contributed by atoms with Crippen molar-refractivity contribution in [1.29, 1.82) is 0 Å². The molecule has 2 aliphatic rings. The predicted molar refractivity (Wildman–Crippen MR) is 196 cm³/mol. The molecule has 0 saturated carbocycles. The number of rotatable bonds is 6. The van der Waals surface area contributed by atoms with E-state index >= 15 is 0 Å². The second kappa shape index (κ2) is 13.8. The van der Waals surface area contributed by atoms with E-state index in [4.69, 9.17) is 0 Å². The van der Waals surface area contributed by atoms with Gasteiger partial charge in [-0.3, -0.25) is 10.2 Å². The first-order chi connectivity index (χ1) is 27.3. The van der Waals surface area contributed by atoms with Gasteiger partial charge >= 0.3 is 0 Å². The summed E-state index contributed by atoms with van der Waals surface area (Å²) in [5.41, 5.74) is 6.57. The molecule has 10 rings (SSSR count). The Labute approximate surface area is 315 Å². The number of fused-ring (bicyclic) bond motifs is 2. The third-order valence-electron chi connectivity index (χ3n) is 10.3. The average molecular weight is 753 g/mol. The molecular formula is C40H28F4N12. The lowest BCUT2D eigenvalue weighted by molar-refractivity contribution is 0.598. The minimum absolute atomic E-state index is 0.305. The standard InChI is InChI=1S/2C20H14F2N6/c21-15-5-1-13(2-6-15)20(14-3-7-16(22)8-4-14)10-9-17-18(11-20)24-25-19(17)28-12-23-26-27-28;21-14-5-1-12(2-6-14)20(13-3-7-15(22)8-4-13)10-9-16-17(11-20)23-24-18(16)19-25-27-28-26-19/h1-10,12H,11H2,(H,24,25);1-10H,11H2,(H,23,24)(H,25,26,27,28). The Morgan fingerprint density at radius 2 is 1.02 bits per heavy atom. The van der Waals surface area contributed by atoms with Gasteiger partial charge in [-0.05, 0) is 86.4 Å². The van der Waals surface area contributed by atoms with E-state index in [-0.39, 0.29) is 23.3 Å². The van der Waals surface area contributed by atoms with E-state index in [1.54, 1.807) is 48.5 Å². The maximum absolute atomic E-state index is 13.5. The molecule has 0 radical (unpaired) electrons. The molecule has 0 aliphatic heterocycles. The molecule has 4 aromatic heterocycles. The van der Waals surface area contributed by atoms with Gasteiger partial charge in [-0.15, -0.1) is 15.3 Å². The summed E-state index contributed by atoms with van der Waals surface area (Å²) < 4.78 is 55.6. The topological polar surface area (TPSA) is 155 Å². The van der Waals surface area contributed by atoms with E-state index in [0.717, 1.165) is 44.8 Å². The predicted octanol–water partition coefficient (Wildman–Crippen LogP) is 6.64. The zero-order valence-electron chi connectivity index (χ0n) is 29.1. The van der Waals surface area contributed by atoms with E-state index in [2.05, 4.69) is 56.5 Å². The molecule has 0 bridgehead atoms. The van der Waals surface area contributed by atoms with Gasteiger partial charge in [0.05, 0.1) is 0 Å². The molecule has 8 aromatic rings. The fourth-order valence-electron chi connectivity index (χ4n) is 7.49. The highest BCUT2D eigenvalue weighted by Gasteiger charge is 2.38. The summed E-state index contributed by atoms with van der Waals surface area (Å²) in [6.45, 7) is 0. The Hall–Kier alpha value is -7.36. The monoisotopic (exact) mass is 752 g/mol. The van der Waals surface area contributed by atoms with Crippen LogP contribution in [-0.4, -0.2) is 61.2 Å². The lowest BCUT2D eigenvalue weighted by atomic mass is 9.68. The summed E-state index contributed by atoms with van der Waals surface area (Å²) in [4.78, 5) is 0. The third kappa shape index (κ3) is 6.06. The number of aromatic nitrogens is 12. The minimum Gasteiger partial charge on any atom is -0.281 e. The molecule has 276 valence electrons. The van der Waals surface area contributed by atoms with Crippen LogP contribution in [0.25, 0.3) is 29.5 Å². The van der Waals surface area contributed by atoms with Crippen LogP contribution in [0.2, 0.25) is 0 Å². The number of allylic oxidation sites excluding steroid dienone is 2. The average Bonchev–Trinajstić information content (AvgIpc) is 4.06. The zero-order chi connectivity index (χ0) is 38.3. The second-order valence-electron chi connectivity index (χ2n) is 13.4. The lowest BCUT2D eigenvalue weighted by Crippen LogP contribution is -2.30. The largest absolute Gasteiger partial charge is 0.281 e. The molecule has 12 nitrogen and oxygen atoms in total. The van der Waals surface area contributed by atoms with Crippen LogP contribution in [-0.2, 0) is 23.7 Å². The van der Waals surface area contributed by atoms with Gasteiger partial charge in [-0.25, -0.2) is 17.6 Å². The van der Waals surface area contributed by atoms with E-state index in [0.29, 0.717) is 30.2 Å². The van der Waals surface area contributed by atoms with Gasteiger partial charge in [0.2, 0.25) is 5.82 Å². The molecule has 4 aromatic carbocycles. The fraction of sp³-hybridized carbons (Fsp3) is 0.100. The van der Waals surface area contributed by atoms with Crippen LogP contribution in [0.4, 0.5) is 17.6 Å². The van der Waals surface area contributed by atoms with Crippen molar-refractivity contribution in [3.8, 4) is 17.3 Å². The van der Waals surface area contributed by atoms with Gasteiger partial charge in [0.25, 0.3) is 0 Å². The summed E-state index contributed by atoms with van der Waals surface area (Å²) in [5.74, 6) is -0.220. The number of hydrogen-bond acceptors (Lipinski definition) is 8. The van der Waals surface area contributed by atoms with Crippen LogP contribution >= 0.6 is 0 Å². The van der Waals surface area contributed by atoms with E-state index in [9.17, 15) is 17.6 Å². The quantitative estimate of drug-likeness (QED) is 0.160. The Morgan fingerprint density at radius 1 is 0.554 bits per heavy atom. The van der Waals surface area contributed by atoms with Crippen molar-refractivity contribution >= 4 is 12.2 Å². The van der Waals surface area contributed by atoms with Crippen LogP contribution in [0.5, 0.6) is 0 Å². The Balaban J connectivity index is 0.000000146. The SMILES string of the molecule is Fc1ccc(C2(c3ccc(F)cc3)C=Cc3c(-c4nn[nH]n4)n[nH]c3C2)cc1.Fc1ccc(C2(c3ccc(F)cc3)C=Cc3c(-n4cnnn4)n[nH]c3C2)cc1. The smallest absolute Gasteiger partial charge is 0.225 e. The zero-order valence-corrected chi connectivity index (χ0v) is 29.1. The molecule has 56 heavy (non-hydrogen) atoms. The van der Waals surface area contributed by atoms with Crippen LogP contribution in [0.1, 0.15) is 44.8 Å². The van der Waals surface area contributed by atoms with Crippen molar-refractivity contribution in [1.82, 2.24) is 61.2 Å². The van der Waals surface area contributed by atoms with Crippen molar-refractivity contribution in [3.63, 3.8) is 0 Å². The highest BCUT2D eigenvalue weighted by Crippen LogP contribution is 2.44. The van der Waals surface area contributed by atoms with Gasteiger partial charge in [0.1, 0.15) is 35.3 Å². The normalized spacial score (nSPS) is 14.8. The molecule has 0 amide bonds. The Kier molecular flexibility index (Phi) is 8.48. The molecule has 0 saturated heterocycles. The molecular weight excluding hydrogens is 725 g/mol. The van der Waals surface area contributed by atoms with Gasteiger partial charge in [0, 0.05) is 46.2 Å². The highest BCUT2D eigenvalue weighted by atomic mass is 19.1. The first-order valence-corrected chi connectivity index (χ1v) is 17.4. The van der Waals surface area contributed by atoms with Crippen molar-refractivity contribution in [2.75, 3.05) is 0 Å². The second-order valence-corrected chi connectivity index (χ2v) is 13.4. The molecule has 16 heteroatoms. The lowest BCUT2D eigenvalue weighted by Gasteiger charge is -2.34. The Morgan fingerprint density at radius 3 is 1.46 bits per heavy atom. The molecule has 0 fully saturated rings. The van der Waals surface area contributed by atoms with Crippen molar-refractivity contribution in [2.24, 2.45) is 0 Å². The van der Waals surface area contributed by atoms with Gasteiger partial charge in [0.15, 0.2) is 5.82 Å². The van der Waals surface area contributed by atoms with Crippen LogP contribution in [0.3, 0.4) is 0 Å². The number of aromatic amines is 3. The summed E-state index contributed by atoms with van der Waals surface area (Å²) in [5, 5.41) is 40.0. The molecule has 0 unspecified atom stereocenters. The number of nitrogens with one attached hydrogen (secondary N) is 3. The minimum atomic E-state index is -0.588. The van der Waals surface area contributed by atoms with Crippen molar-refractivity contribution in [3.05, 3.63) is 184 Å². The summed E-state index contributed by atoms with van der Waals surface area (Å²) in [6.07, 6.45) is 10.5. The van der Waals surface area contributed by atoms with E-state index < -0.39 is 10.8 Å². The number of benzene rings is 4. The molecule has 0 spiro atoms. The fourth-order valence-corrected chi connectivity index (χ4v) is 7.49. The number of hydrogen-bond donors (Lipinski definition) is 3. The number of halogens is 4. The molecule has 2 aliphatic carbocycles. The van der Waals surface area contributed by atoms with Crippen LogP contribution in [0.15, 0.2) is 116 Å². The first kappa shape index (κ1) is 34.4. The van der Waals surface area contributed by atoms with E-state index in [1.807, 2.05) is 24.3 Å².